The van der Waals surface area contributed by atoms with E-state index >= 15 is 0 Å². The van der Waals surface area contributed by atoms with Gasteiger partial charge in [-0.15, -0.1) is 0 Å². The van der Waals surface area contributed by atoms with Crippen LogP contribution in [-0.2, 0) is 16.1 Å². The van der Waals surface area contributed by atoms with Crippen molar-refractivity contribution < 1.29 is 18.3 Å². The highest BCUT2D eigenvalue weighted by Crippen LogP contribution is 2.19. The Labute approximate surface area is 134 Å². The second-order valence-electron chi connectivity index (χ2n) is 6.28. The largest absolute Gasteiger partial charge is 0.368 e. The van der Waals surface area contributed by atoms with Gasteiger partial charge in [0, 0.05) is 31.3 Å². The lowest BCUT2D eigenvalue weighted by molar-refractivity contribution is -0.131. The Bertz CT molecular complexity index is 541. The third-order valence-electron chi connectivity index (χ3n) is 4.52. The normalized spacial score (nSPS) is 25.5. The van der Waals surface area contributed by atoms with Crippen LogP contribution < -0.4 is 5.32 Å². The molecule has 0 bridgehead atoms. The summed E-state index contributed by atoms with van der Waals surface area (Å²) in [5.41, 5.74) is 0.0959. The van der Waals surface area contributed by atoms with Gasteiger partial charge in [-0.05, 0) is 44.4 Å². The summed E-state index contributed by atoms with van der Waals surface area (Å²) in [5, 5.41) is 3.01. The first-order chi connectivity index (χ1) is 11.1. The van der Waals surface area contributed by atoms with Gasteiger partial charge in [-0.25, -0.2) is 8.78 Å². The molecule has 2 aliphatic rings. The molecule has 6 heteroatoms. The fraction of sp³-hybridized carbons (Fsp3) is 0.588. The second-order valence-corrected chi connectivity index (χ2v) is 6.28. The van der Waals surface area contributed by atoms with Crippen molar-refractivity contribution in [1.82, 2.24) is 10.2 Å². The van der Waals surface area contributed by atoms with E-state index in [0.29, 0.717) is 13.2 Å². The number of halogens is 2. The van der Waals surface area contributed by atoms with Crippen molar-refractivity contribution in [3.63, 3.8) is 0 Å². The first kappa shape index (κ1) is 16.3. The minimum atomic E-state index is -0.518. The number of nitrogens with one attached hydrogen (secondary N) is 1. The van der Waals surface area contributed by atoms with Gasteiger partial charge in [-0.1, -0.05) is 6.07 Å². The Morgan fingerprint density at radius 1 is 1.26 bits per heavy atom. The molecule has 1 amide bonds. The van der Waals surface area contributed by atoms with Crippen LogP contribution in [0.1, 0.15) is 31.2 Å². The predicted molar refractivity (Wildman–Crippen MR) is 81.8 cm³/mol. The molecule has 0 aromatic heterocycles. The summed E-state index contributed by atoms with van der Waals surface area (Å²) >= 11 is 0. The first-order valence-corrected chi connectivity index (χ1v) is 8.20. The van der Waals surface area contributed by atoms with Crippen molar-refractivity contribution >= 4 is 5.91 Å². The number of hydrogen-bond donors (Lipinski definition) is 1. The fourth-order valence-corrected chi connectivity index (χ4v) is 3.30. The van der Waals surface area contributed by atoms with Gasteiger partial charge < -0.3 is 10.1 Å². The molecule has 1 aromatic carbocycles. The van der Waals surface area contributed by atoms with Crippen LogP contribution in [0.4, 0.5) is 8.78 Å². The summed E-state index contributed by atoms with van der Waals surface area (Å²) in [6.07, 6.45) is 3.13. The number of hydrogen-bond acceptors (Lipinski definition) is 3. The van der Waals surface area contributed by atoms with Crippen LogP contribution in [0.3, 0.4) is 0 Å². The average molecular weight is 324 g/mol. The Kier molecular flexibility index (Phi) is 5.23. The van der Waals surface area contributed by atoms with Crippen LogP contribution in [0.2, 0.25) is 0 Å². The zero-order valence-electron chi connectivity index (χ0n) is 13.1. The summed E-state index contributed by atoms with van der Waals surface area (Å²) in [4.78, 5) is 14.1. The Hall–Kier alpha value is -1.53. The molecule has 2 atom stereocenters. The fourth-order valence-electron chi connectivity index (χ4n) is 3.30. The number of carbonyl (C=O) groups excluding carboxylic acids is 1. The number of ether oxygens (including phenoxy) is 1. The quantitative estimate of drug-likeness (QED) is 0.923. The Balaban J connectivity index is 1.56. The highest BCUT2D eigenvalue weighted by atomic mass is 19.1. The topological polar surface area (TPSA) is 41.6 Å². The van der Waals surface area contributed by atoms with Gasteiger partial charge in [0.25, 0.3) is 0 Å². The highest BCUT2D eigenvalue weighted by Gasteiger charge is 2.28. The molecule has 4 nitrogen and oxygen atoms in total. The van der Waals surface area contributed by atoms with Crippen LogP contribution in [0.5, 0.6) is 0 Å². The number of rotatable bonds is 4. The van der Waals surface area contributed by atoms with E-state index in [1.54, 1.807) is 0 Å². The minimum Gasteiger partial charge on any atom is -0.368 e. The zero-order chi connectivity index (χ0) is 16.2. The van der Waals surface area contributed by atoms with Crippen molar-refractivity contribution in [2.45, 2.75) is 44.4 Å². The third kappa shape index (κ3) is 4.06. The smallest absolute Gasteiger partial charge is 0.249 e. The highest BCUT2D eigenvalue weighted by molar-refractivity contribution is 5.81. The standard InChI is InChI=1S/C17H22F2N2O2/c18-14-5-1-6-15(19)13(14)11-21-8-2-4-12(10-21)20-17(22)16-7-3-9-23-16/h1,5-6,12,16H,2-4,7-11H2,(H,20,22)/t12-,16+/m0/s1. The number of piperidine rings is 1. The van der Waals surface area contributed by atoms with Crippen molar-refractivity contribution in [2.75, 3.05) is 19.7 Å². The molecule has 1 N–H and O–H groups in total. The lowest BCUT2D eigenvalue weighted by Gasteiger charge is -2.33. The van der Waals surface area contributed by atoms with Gasteiger partial charge in [-0.3, -0.25) is 9.69 Å². The lowest BCUT2D eigenvalue weighted by atomic mass is 10.0. The minimum absolute atomic E-state index is 0.00952. The zero-order valence-corrected chi connectivity index (χ0v) is 13.1. The van der Waals surface area contributed by atoms with Gasteiger partial charge in [0.2, 0.25) is 5.91 Å². The van der Waals surface area contributed by atoms with E-state index in [4.69, 9.17) is 4.74 Å². The van der Waals surface area contributed by atoms with Crippen LogP contribution >= 0.6 is 0 Å². The molecule has 0 saturated carbocycles. The maximum atomic E-state index is 13.8. The molecule has 0 unspecified atom stereocenters. The monoisotopic (exact) mass is 324 g/mol. The maximum Gasteiger partial charge on any atom is 0.249 e. The molecular formula is C17H22F2N2O2. The van der Waals surface area contributed by atoms with E-state index in [-0.39, 0.29) is 30.2 Å². The van der Waals surface area contributed by atoms with E-state index in [1.165, 1.54) is 18.2 Å². The van der Waals surface area contributed by atoms with Crippen molar-refractivity contribution in [1.29, 1.82) is 0 Å². The molecule has 0 spiro atoms. The van der Waals surface area contributed by atoms with Gasteiger partial charge in [0.15, 0.2) is 0 Å². The van der Waals surface area contributed by atoms with E-state index < -0.39 is 11.6 Å². The van der Waals surface area contributed by atoms with Crippen LogP contribution in [0.15, 0.2) is 18.2 Å². The van der Waals surface area contributed by atoms with Crippen LogP contribution in [0, 0.1) is 11.6 Å². The molecule has 2 aliphatic heterocycles. The van der Waals surface area contributed by atoms with E-state index in [1.807, 2.05) is 4.90 Å². The van der Waals surface area contributed by atoms with E-state index in [2.05, 4.69) is 5.32 Å². The van der Waals surface area contributed by atoms with Crippen LogP contribution in [0.25, 0.3) is 0 Å². The third-order valence-corrected chi connectivity index (χ3v) is 4.52. The Morgan fingerprint density at radius 3 is 2.74 bits per heavy atom. The molecular weight excluding hydrogens is 302 g/mol. The van der Waals surface area contributed by atoms with Crippen molar-refractivity contribution in [2.24, 2.45) is 0 Å². The molecule has 126 valence electrons. The number of benzene rings is 1. The summed E-state index contributed by atoms with van der Waals surface area (Å²) in [6.45, 7) is 2.25. The maximum absolute atomic E-state index is 13.8. The lowest BCUT2D eigenvalue weighted by Crippen LogP contribution is -2.49. The molecule has 0 aliphatic carbocycles. The molecule has 2 heterocycles. The Morgan fingerprint density at radius 2 is 2.04 bits per heavy atom. The molecule has 3 rings (SSSR count). The average Bonchev–Trinajstić information content (AvgIpc) is 3.06. The molecule has 23 heavy (non-hydrogen) atoms. The van der Waals surface area contributed by atoms with Crippen LogP contribution in [-0.4, -0.2) is 42.6 Å². The molecule has 2 fully saturated rings. The first-order valence-electron chi connectivity index (χ1n) is 8.20. The summed E-state index contributed by atoms with van der Waals surface area (Å²) < 4.78 is 32.9. The van der Waals surface area contributed by atoms with Gasteiger partial charge in [0.1, 0.15) is 17.7 Å². The molecule has 2 saturated heterocycles. The second kappa shape index (κ2) is 7.36. The summed E-state index contributed by atoms with van der Waals surface area (Å²) in [6, 6.07) is 3.93. The molecule has 0 radical (unpaired) electrons. The van der Waals surface area contributed by atoms with Gasteiger partial charge in [-0.2, -0.15) is 0 Å². The van der Waals surface area contributed by atoms with Gasteiger partial charge in [0.05, 0.1) is 0 Å². The van der Waals surface area contributed by atoms with E-state index in [9.17, 15) is 13.6 Å². The SMILES string of the molecule is O=C(N[C@H]1CCCN(Cc2c(F)cccc2F)C1)[C@H]1CCCO1. The summed E-state index contributed by atoms with van der Waals surface area (Å²) in [5.74, 6) is -1.10. The van der Waals surface area contributed by atoms with Crippen molar-refractivity contribution in [3.8, 4) is 0 Å². The summed E-state index contributed by atoms with van der Waals surface area (Å²) in [7, 11) is 0. The predicted octanol–water partition coefficient (Wildman–Crippen LogP) is 2.22. The van der Waals surface area contributed by atoms with E-state index in [0.717, 1.165) is 32.2 Å². The molecule has 1 aromatic rings. The number of nitrogens with zero attached hydrogens (tertiary/aromatic N) is 1. The number of amides is 1. The number of carbonyl (C=O) groups is 1. The van der Waals surface area contributed by atoms with Crippen molar-refractivity contribution in [3.05, 3.63) is 35.4 Å². The number of likely N-dealkylation sites (tertiary alicyclic amines) is 1. The van der Waals surface area contributed by atoms with Gasteiger partial charge >= 0.3 is 0 Å².